The maximum Gasteiger partial charge on any atom is 0.416 e. The van der Waals surface area contributed by atoms with Gasteiger partial charge >= 0.3 is 6.18 Å². The molecule has 216 valence electrons. The summed E-state index contributed by atoms with van der Waals surface area (Å²) in [6, 6.07) is 11.0. The molecule has 6 rings (SSSR count). The van der Waals surface area contributed by atoms with Crippen molar-refractivity contribution in [1.82, 2.24) is 29.9 Å². The first kappa shape index (κ1) is 27.0. The molecular formula is C27H28F3N7O4. The number of pyridine rings is 1. The second-order valence-corrected chi connectivity index (χ2v) is 10.5. The van der Waals surface area contributed by atoms with Gasteiger partial charge in [0.05, 0.1) is 37.7 Å². The number of ether oxygens (including phenoxy) is 1. The van der Waals surface area contributed by atoms with Crippen LogP contribution in [0.4, 0.5) is 18.9 Å². The number of amides is 3. The first-order valence-corrected chi connectivity index (χ1v) is 13.3. The number of para-hydroxylation sites is 1. The summed E-state index contributed by atoms with van der Waals surface area (Å²) in [6.45, 7) is -0.463. The fourth-order valence-corrected chi connectivity index (χ4v) is 5.86. The number of fused-ring (bicyclic) bond motifs is 1. The Morgan fingerprint density at radius 1 is 1.07 bits per heavy atom. The van der Waals surface area contributed by atoms with E-state index in [-0.39, 0.29) is 57.0 Å². The second-order valence-electron chi connectivity index (χ2n) is 10.5. The Kier molecular flexibility index (Phi) is 6.80. The highest BCUT2D eigenvalue weighted by Crippen LogP contribution is 2.40. The number of rotatable bonds is 4. The van der Waals surface area contributed by atoms with Gasteiger partial charge in [-0.15, -0.1) is 0 Å². The number of H-pyrrole nitrogens is 1. The SMILES string of the molecule is O=C(CN1CN(c2ccccc2)C2(CCN(C(=O)c3cc4cn[nH]c4cn3)CC2)C1=O)N1CCO[C@H](C(F)(F)F)C1. The fourth-order valence-electron chi connectivity index (χ4n) is 5.86. The van der Waals surface area contributed by atoms with Crippen molar-refractivity contribution in [1.29, 1.82) is 0 Å². The molecule has 3 aliphatic heterocycles. The van der Waals surface area contributed by atoms with E-state index in [0.717, 1.165) is 21.5 Å². The number of aromatic amines is 1. The summed E-state index contributed by atoms with van der Waals surface area (Å²) < 4.78 is 44.4. The van der Waals surface area contributed by atoms with Crippen LogP contribution in [0.25, 0.3) is 10.9 Å². The Balaban J connectivity index is 1.19. The maximum atomic E-state index is 14.0. The van der Waals surface area contributed by atoms with Gasteiger partial charge in [-0.2, -0.15) is 18.3 Å². The Morgan fingerprint density at radius 2 is 1.83 bits per heavy atom. The lowest BCUT2D eigenvalue weighted by molar-refractivity contribution is -0.236. The zero-order valence-electron chi connectivity index (χ0n) is 22.0. The van der Waals surface area contributed by atoms with Crippen LogP contribution < -0.4 is 4.90 Å². The quantitative estimate of drug-likeness (QED) is 0.510. The van der Waals surface area contributed by atoms with Crippen molar-refractivity contribution in [2.45, 2.75) is 30.7 Å². The zero-order chi connectivity index (χ0) is 28.8. The average Bonchev–Trinajstić information content (AvgIpc) is 3.56. The molecule has 3 saturated heterocycles. The summed E-state index contributed by atoms with van der Waals surface area (Å²) >= 11 is 0. The lowest BCUT2D eigenvalue weighted by Crippen LogP contribution is -2.57. The van der Waals surface area contributed by atoms with Crippen molar-refractivity contribution >= 4 is 34.3 Å². The van der Waals surface area contributed by atoms with Gasteiger partial charge in [0.15, 0.2) is 6.10 Å². The number of benzene rings is 1. The van der Waals surface area contributed by atoms with E-state index in [1.807, 2.05) is 35.2 Å². The monoisotopic (exact) mass is 571 g/mol. The number of likely N-dealkylation sites (tertiary alicyclic amines) is 1. The Labute approximate surface area is 232 Å². The summed E-state index contributed by atoms with van der Waals surface area (Å²) in [4.78, 5) is 50.7. The fraction of sp³-hybridized carbons (Fsp3) is 0.444. The van der Waals surface area contributed by atoms with Crippen molar-refractivity contribution in [3.05, 3.63) is 54.5 Å². The summed E-state index contributed by atoms with van der Waals surface area (Å²) in [7, 11) is 0. The molecule has 0 aliphatic carbocycles. The highest BCUT2D eigenvalue weighted by molar-refractivity contribution is 5.98. The second kappa shape index (κ2) is 10.3. The Bertz CT molecular complexity index is 1460. The van der Waals surface area contributed by atoms with E-state index >= 15 is 0 Å². The summed E-state index contributed by atoms with van der Waals surface area (Å²) in [6.07, 6.45) is -2.82. The maximum absolute atomic E-state index is 14.0. The largest absolute Gasteiger partial charge is 0.416 e. The van der Waals surface area contributed by atoms with Crippen LogP contribution >= 0.6 is 0 Å². The normalized spacial score (nSPS) is 21.2. The van der Waals surface area contributed by atoms with Crippen LogP contribution in [0.1, 0.15) is 23.3 Å². The molecule has 1 aromatic carbocycles. The molecular weight excluding hydrogens is 543 g/mol. The van der Waals surface area contributed by atoms with Gasteiger partial charge in [-0.1, -0.05) is 18.2 Å². The van der Waals surface area contributed by atoms with E-state index in [1.54, 1.807) is 23.4 Å². The Hall–Kier alpha value is -4.20. The number of nitrogens with one attached hydrogen (secondary N) is 1. The van der Waals surface area contributed by atoms with Crippen LogP contribution in [0.3, 0.4) is 0 Å². The van der Waals surface area contributed by atoms with E-state index in [0.29, 0.717) is 12.8 Å². The first-order valence-electron chi connectivity index (χ1n) is 13.3. The number of aromatic nitrogens is 3. The van der Waals surface area contributed by atoms with Crippen LogP contribution in [-0.2, 0) is 14.3 Å². The number of hydrogen-bond acceptors (Lipinski definition) is 7. The van der Waals surface area contributed by atoms with Gasteiger partial charge in [0, 0.05) is 30.7 Å². The molecule has 3 fully saturated rings. The molecule has 0 saturated carbocycles. The van der Waals surface area contributed by atoms with Gasteiger partial charge in [0.1, 0.15) is 17.8 Å². The highest BCUT2D eigenvalue weighted by Gasteiger charge is 2.55. The standard InChI is InChI=1S/C27H28F3N7O4/c28-27(29,30)22-15-35(10-11-41-22)23(38)16-36-17-37(19-4-2-1-3-5-19)26(25(36)40)6-8-34(9-7-26)24(39)20-12-18-13-32-33-21(18)14-31-20/h1-5,12-14,22H,6-11,15-17H2,(H,32,33)/t22-/m0/s1. The van der Waals surface area contributed by atoms with Crippen molar-refractivity contribution in [3.63, 3.8) is 0 Å². The number of hydrogen-bond donors (Lipinski definition) is 1. The third-order valence-electron chi connectivity index (χ3n) is 8.11. The third kappa shape index (κ3) is 4.96. The molecule has 0 radical (unpaired) electrons. The lowest BCUT2D eigenvalue weighted by atomic mass is 9.85. The van der Waals surface area contributed by atoms with E-state index in [4.69, 9.17) is 4.74 Å². The molecule has 0 unspecified atom stereocenters. The molecule has 1 spiro atoms. The van der Waals surface area contributed by atoms with Crippen LogP contribution in [0.2, 0.25) is 0 Å². The van der Waals surface area contributed by atoms with Gasteiger partial charge in [-0.05, 0) is 31.0 Å². The number of piperidine rings is 1. The minimum absolute atomic E-state index is 0.0245. The predicted octanol–water partition coefficient (Wildman–Crippen LogP) is 2.03. The smallest absolute Gasteiger partial charge is 0.365 e. The Morgan fingerprint density at radius 3 is 2.56 bits per heavy atom. The van der Waals surface area contributed by atoms with Crippen molar-refractivity contribution in [2.24, 2.45) is 0 Å². The number of anilines is 1. The van der Waals surface area contributed by atoms with E-state index < -0.39 is 30.3 Å². The summed E-state index contributed by atoms with van der Waals surface area (Å²) in [5.74, 6) is -1.09. The van der Waals surface area contributed by atoms with Gasteiger partial charge in [-0.3, -0.25) is 19.5 Å². The van der Waals surface area contributed by atoms with Crippen LogP contribution in [0, 0.1) is 0 Å². The number of alkyl halides is 3. The van der Waals surface area contributed by atoms with Gasteiger partial charge in [0.25, 0.3) is 11.8 Å². The molecule has 2 aromatic heterocycles. The number of carbonyl (C=O) groups excluding carboxylic acids is 3. The van der Waals surface area contributed by atoms with Crippen LogP contribution in [0.5, 0.6) is 0 Å². The summed E-state index contributed by atoms with van der Waals surface area (Å²) in [5.41, 5.74) is 0.781. The molecule has 3 aromatic rings. The van der Waals surface area contributed by atoms with E-state index in [1.165, 1.54) is 4.90 Å². The third-order valence-corrected chi connectivity index (χ3v) is 8.11. The van der Waals surface area contributed by atoms with Crippen LogP contribution in [-0.4, -0.2) is 111 Å². The number of carbonyl (C=O) groups is 3. The minimum Gasteiger partial charge on any atom is -0.365 e. The molecule has 5 heterocycles. The molecule has 0 bridgehead atoms. The van der Waals surface area contributed by atoms with Crippen molar-refractivity contribution in [3.8, 4) is 0 Å². The topological polar surface area (TPSA) is 115 Å². The molecule has 14 heteroatoms. The predicted molar refractivity (Wildman–Crippen MR) is 140 cm³/mol. The number of nitrogens with zero attached hydrogens (tertiary/aromatic N) is 6. The molecule has 11 nitrogen and oxygen atoms in total. The van der Waals surface area contributed by atoms with E-state index in [2.05, 4.69) is 15.2 Å². The molecule has 1 atom stereocenters. The van der Waals surface area contributed by atoms with Crippen molar-refractivity contribution in [2.75, 3.05) is 50.9 Å². The van der Waals surface area contributed by atoms with Crippen molar-refractivity contribution < 1.29 is 32.3 Å². The van der Waals surface area contributed by atoms with Gasteiger partial charge < -0.3 is 24.3 Å². The molecule has 1 N–H and O–H groups in total. The highest BCUT2D eigenvalue weighted by atomic mass is 19.4. The molecule has 3 aliphatic rings. The number of morpholine rings is 1. The number of halogens is 3. The van der Waals surface area contributed by atoms with Crippen LogP contribution in [0.15, 0.2) is 48.8 Å². The van der Waals surface area contributed by atoms with Gasteiger partial charge in [0.2, 0.25) is 5.91 Å². The molecule has 3 amide bonds. The average molecular weight is 572 g/mol. The summed E-state index contributed by atoms with van der Waals surface area (Å²) in [5, 5.41) is 7.53. The zero-order valence-corrected chi connectivity index (χ0v) is 22.0. The lowest BCUT2D eigenvalue weighted by Gasteiger charge is -2.43. The van der Waals surface area contributed by atoms with E-state index in [9.17, 15) is 27.6 Å². The minimum atomic E-state index is -4.58. The first-order chi connectivity index (χ1) is 19.7. The van der Waals surface area contributed by atoms with Gasteiger partial charge in [-0.25, -0.2) is 4.98 Å². The molecule has 41 heavy (non-hydrogen) atoms.